The minimum atomic E-state index is -1.19. The van der Waals surface area contributed by atoms with Crippen LogP contribution in [0.5, 0.6) is 0 Å². The van der Waals surface area contributed by atoms with Crippen LogP contribution < -0.4 is 16.0 Å². The number of carbonyl (C=O) groups excluding carboxylic acids is 3. The van der Waals surface area contributed by atoms with Crippen molar-refractivity contribution in [2.24, 2.45) is 11.8 Å². The quantitative estimate of drug-likeness (QED) is 0.427. The summed E-state index contributed by atoms with van der Waals surface area (Å²) < 4.78 is 0. The number of nitrogens with one attached hydrogen (secondary N) is 3. The van der Waals surface area contributed by atoms with E-state index in [1.807, 2.05) is 0 Å². The fourth-order valence-corrected chi connectivity index (χ4v) is 3.92. The minimum absolute atomic E-state index is 0.0969. The number of hydrogen-bond acceptors (Lipinski definition) is 5. The maximum atomic E-state index is 12.6. The van der Waals surface area contributed by atoms with Crippen molar-refractivity contribution in [2.75, 3.05) is 32.7 Å². The fraction of sp³-hybridized carbons (Fsp3) is 0.800. The van der Waals surface area contributed by atoms with Crippen molar-refractivity contribution >= 4 is 23.7 Å². The van der Waals surface area contributed by atoms with Crippen molar-refractivity contribution in [1.29, 1.82) is 0 Å². The van der Waals surface area contributed by atoms with E-state index >= 15 is 0 Å². The van der Waals surface area contributed by atoms with E-state index < -0.39 is 12.0 Å². The molecular formula is C20H34N4O5. The molecule has 0 bridgehead atoms. The number of carboxylic acid groups (broad SMARTS) is 1. The van der Waals surface area contributed by atoms with Crippen LogP contribution in [-0.4, -0.2) is 72.5 Å². The number of nitrogens with zero attached hydrogens (tertiary/aromatic N) is 1. The lowest BCUT2D eigenvalue weighted by atomic mass is 9.92. The highest BCUT2D eigenvalue weighted by Gasteiger charge is 2.29. The Morgan fingerprint density at radius 1 is 1.17 bits per heavy atom. The average molecular weight is 411 g/mol. The summed E-state index contributed by atoms with van der Waals surface area (Å²) in [5, 5.41) is 17.5. The highest BCUT2D eigenvalue weighted by atomic mass is 16.4. The number of amides is 3. The number of hydrogen-bond donors (Lipinski definition) is 4. The van der Waals surface area contributed by atoms with Crippen molar-refractivity contribution in [3.63, 3.8) is 0 Å². The summed E-state index contributed by atoms with van der Waals surface area (Å²) in [5.74, 6) is -1.49. The zero-order valence-corrected chi connectivity index (χ0v) is 17.2. The lowest BCUT2D eigenvalue weighted by molar-refractivity contribution is -0.142. The maximum absolute atomic E-state index is 12.6. The first-order valence-corrected chi connectivity index (χ1v) is 10.7. The van der Waals surface area contributed by atoms with Crippen molar-refractivity contribution in [2.45, 2.75) is 57.9 Å². The molecule has 2 fully saturated rings. The molecular weight excluding hydrogens is 376 g/mol. The number of carboxylic acids is 1. The molecule has 0 aromatic carbocycles. The molecule has 2 aliphatic rings. The van der Waals surface area contributed by atoms with Crippen LogP contribution in [0.3, 0.4) is 0 Å². The summed E-state index contributed by atoms with van der Waals surface area (Å²) in [6.45, 7) is 4.53. The third-order valence-corrected chi connectivity index (χ3v) is 5.80. The molecule has 2 aliphatic heterocycles. The van der Waals surface area contributed by atoms with E-state index in [4.69, 9.17) is 0 Å². The molecule has 2 heterocycles. The predicted octanol–water partition coefficient (Wildman–Crippen LogP) is 0.100. The normalized spacial score (nSPS) is 21.3. The molecule has 2 rings (SSSR count). The molecule has 0 aromatic heterocycles. The molecule has 29 heavy (non-hydrogen) atoms. The van der Waals surface area contributed by atoms with E-state index in [1.54, 1.807) is 11.8 Å². The van der Waals surface area contributed by atoms with Gasteiger partial charge in [0, 0.05) is 32.5 Å². The smallest absolute Gasteiger partial charge is 0.328 e. The molecule has 4 N–H and O–H groups in total. The van der Waals surface area contributed by atoms with Gasteiger partial charge in [0.15, 0.2) is 0 Å². The molecule has 9 nitrogen and oxygen atoms in total. The average Bonchev–Trinajstić information content (AvgIpc) is 2.75. The van der Waals surface area contributed by atoms with Crippen LogP contribution in [0.15, 0.2) is 0 Å². The van der Waals surface area contributed by atoms with Gasteiger partial charge in [-0.25, -0.2) is 4.79 Å². The second-order valence-corrected chi connectivity index (χ2v) is 7.97. The van der Waals surface area contributed by atoms with Crippen LogP contribution in [0.25, 0.3) is 0 Å². The molecule has 0 unspecified atom stereocenters. The van der Waals surface area contributed by atoms with Gasteiger partial charge < -0.3 is 26.0 Å². The molecule has 2 saturated heterocycles. The van der Waals surface area contributed by atoms with Gasteiger partial charge in [-0.15, -0.1) is 0 Å². The molecule has 9 heteroatoms. The molecule has 164 valence electrons. The third-order valence-electron chi connectivity index (χ3n) is 5.80. The SMILES string of the molecule is CCC(=O)N[C@@H](CNC(=O)[C@@H]1CCCN(C(=O)CCC2CCNCC2)C1)C(=O)O. The fourth-order valence-electron chi connectivity index (χ4n) is 3.92. The molecule has 0 radical (unpaired) electrons. The van der Waals surface area contributed by atoms with Gasteiger partial charge in [-0.2, -0.15) is 0 Å². The first-order valence-electron chi connectivity index (χ1n) is 10.7. The van der Waals surface area contributed by atoms with Gasteiger partial charge in [-0.3, -0.25) is 14.4 Å². The Morgan fingerprint density at radius 2 is 1.90 bits per heavy atom. The Balaban J connectivity index is 1.77. The Morgan fingerprint density at radius 3 is 2.55 bits per heavy atom. The minimum Gasteiger partial charge on any atom is -0.480 e. The van der Waals surface area contributed by atoms with E-state index in [0.29, 0.717) is 31.8 Å². The zero-order chi connectivity index (χ0) is 21.2. The topological polar surface area (TPSA) is 128 Å². The largest absolute Gasteiger partial charge is 0.480 e. The molecule has 2 atom stereocenters. The number of aliphatic carboxylic acids is 1. The number of piperidine rings is 2. The Kier molecular flexibility index (Phi) is 9.37. The third kappa shape index (κ3) is 7.64. The number of likely N-dealkylation sites (tertiary alicyclic amines) is 1. The molecule has 3 amide bonds. The summed E-state index contributed by atoms with van der Waals surface area (Å²) in [5.41, 5.74) is 0. The van der Waals surface area contributed by atoms with Crippen LogP contribution in [0.2, 0.25) is 0 Å². The first kappa shape index (κ1) is 23.1. The lowest BCUT2D eigenvalue weighted by Crippen LogP contribution is -2.51. The Bertz CT molecular complexity index is 591. The van der Waals surface area contributed by atoms with Gasteiger partial charge in [-0.05, 0) is 51.1 Å². The predicted molar refractivity (Wildman–Crippen MR) is 107 cm³/mol. The van der Waals surface area contributed by atoms with Gasteiger partial charge >= 0.3 is 5.97 Å². The highest BCUT2D eigenvalue weighted by molar-refractivity contribution is 5.85. The van der Waals surface area contributed by atoms with E-state index in [1.165, 1.54) is 0 Å². The van der Waals surface area contributed by atoms with Crippen molar-refractivity contribution < 1.29 is 24.3 Å². The van der Waals surface area contributed by atoms with Crippen LogP contribution in [0, 0.1) is 11.8 Å². The number of carbonyl (C=O) groups is 4. The summed E-state index contributed by atoms with van der Waals surface area (Å²) in [6.07, 6.45) is 5.23. The van der Waals surface area contributed by atoms with E-state index in [2.05, 4.69) is 16.0 Å². The maximum Gasteiger partial charge on any atom is 0.328 e. The van der Waals surface area contributed by atoms with E-state index in [9.17, 15) is 24.3 Å². The van der Waals surface area contributed by atoms with Crippen molar-refractivity contribution in [3.05, 3.63) is 0 Å². The number of rotatable bonds is 9. The van der Waals surface area contributed by atoms with Gasteiger partial charge in [0.1, 0.15) is 6.04 Å². The monoisotopic (exact) mass is 410 g/mol. The van der Waals surface area contributed by atoms with Crippen LogP contribution >= 0.6 is 0 Å². The zero-order valence-electron chi connectivity index (χ0n) is 17.2. The Hall–Kier alpha value is -2.16. The van der Waals surface area contributed by atoms with Crippen molar-refractivity contribution in [1.82, 2.24) is 20.9 Å². The second-order valence-electron chi connectivity index (χ2n) is 7.97. The first-order chi connectivity index (χ1) is 13.9. The van der Waals surface area contributed by atoms with Gasteiger partial charge in [0.05, 0.1) is 5.92 Å². The van der Waals surface area contributed by atoms with E-state index in [0.717, 1.165) is 38.8 Å². The molecule has 0 spiro atoms. The van der Waals surface area contributed by atoms with Gasteiger partial charge in [0.25, 0.3) is 0 Å². The van der Waals surface area contributed by atoms with Crippen molar-refractivity contribution in [3.8, 4) is 0 Å². The molecule has 0 aromatic rings. The highest BCUT2D eigenvalue weighted by Crippen LogP contribution is 2.21. The van der Waals surface area contributed by atoms with Crippen LogP contribution in [-0.2, 0) is 19.2 Å². The standard InChI is InChI=1S/C20H34N4O5/c1-2-17(25)23-16(20(28)29)12-22-19(27)15-4-3-11-24(13-15)18(26)6-5-14-7-9-21-10-8-14/h14-16,21H,2-13H2,1H3,(H,22,27)(H,23,25)(H,28,29)/t15-,16+/m1/s1. The summed E-state index contributed by atoms with van der Waals surface area (Å²) in [6, 6.07) is -1.15. The Labute approximate surface area is 172 Å². The van der Waals surface area contributed by atoms with Gasteiger partial charge in [0.2, 0.25) is 17.7 Å². The molecule has 0 aliphatic carbocycles. The lowest BCUT2D eigenvalue weighted by Gasteiger charge is -2.33. The van der Waals surface area contributed by atoms with Crippen LogP contribution in [0.4, 0.5) is 0 Å². The van der Waals surface area contributed by atoms with E-state index in [-0.39, 0.29) is 36.6 Å². The van der Waals surface area contributed by atoms with Gasteiger partial charge in [-0.1, -0.05) is 6.92 Å². The molecule has 0 saturated carbocycles. The summed E-state index contributed by atoms with van der Waals surface area (Å²) >= 11 is 0. The summed E-state index contributed by atoms with van der Waals surface area (Å²) in [4.78, 5) is 49.5. The summed E-state index contributed by atoms with van der Waals surface area (Å²) in [7, 11) is 0. The van der Waals surface area contributed by atoms with Crippen LogP contribution in [0.1, 0.15) is 51.9 Å². The second kappa shape index (κ2) is 11.7.